The molecule has 0 aromatic carbocycles. The predicted octanol–water partition coefficient (Wildman–Crippen LogP) is 19.0. The van der Waals surface area contributed by atoms with Crippen LogP contribution in [0, 0.1) is 0 Å². The molecule has 66 heavy (non-hydrogen) atoms. The summed E-state index contributed by atoms with van der Waals surface area (Å²) in [7, 11) is 0. The van der Waals surface area contributed by atoms with E-state index in [2.05, 4.69) is 118 Å². The first-order valence-electron chi connectivity index (χ1n) is 27.8. The lowest BCUT2D eigenvalue weighted by Crippen LogP contribution is -2.30. The molecule has 0 aliphatic heterocycles. The Kier molecular flexibility index (Phi) is 53.4. The molecule has 1 unspecified atom stereocenters. The van der Waals surface area contributed by atoms with Crippen molar-refractivity contribution in [1.82, 2.24) is 0 Å². The molecule has 378 valence electrons. The second-order valence-electron chi connectivity index (χ2n) is 18.1. The summed E-state index contributed by atoms with van der Waals surface area (Å²) < 4.78 is 17.4. The highest BCUT2D eigenvalue weighted by Gasteiger charge is 2.17. The van der Waals surface area contributed by atoms with Crippen molar-refractivity contribution >= 4 is 11.9 Å². The highest BCUT2D eigenvalue weighted by atomic mass is 16.6. The minimum Gasteiger partial charge on any atom is -0.462 e. The van der Waals surface area contributed by atoms with Gasteiger partial charge in [0.25, 0.3) is 0 Å². The number of allylic oxidation sites excluding steroid dienone is 16. The molecule has 0 radical (unpaired) electrons. The van der Waals surface area contributed by atoms with Crippen molar-refractivity contribution in [3.05, 3.63) is 97.2 Å². The first-order valence-corrected chi connectivity index (χ1v) is 27.8. The van der Waals surface area contributed by atoms with Crippen LogP contribution >= 0.6 is 0 Å². The summed E-state index contributed by atoms with van der Waals surface area (Å²) in [6.07, 6.45) is 75.6. The highest BCUT2D eigenvalue weighted by Crippen LogP contribution is 2.13. The van der Waals surface area contributed by atoms with E-state index in [1.807, 2.05) is 0 Å². The molecule has 0 aliphatic rings. The quantitative estimate of drug-likeness (QED) is 0.0346. The molecule has 0 aromatic heterocycles. The van der Waals surface area contributed by atoms with Gasteiger partial charge in [-0.05, 0) is 122 Å². The Morgan fingerprint density at radius 2 is 0.682 bits per heavy atom. The summed E-state index contributed by atoms with van der Waals surface area (Å²) in [6.45, 7) is 7.63. The Morgan fingerprint density at radius 1 is 0.348 bits per heavy atom. The Labute approximate surface area is 409 Å². The van der Waals surface area contributed by atoms with Gasteiger partial charge in [0, 0.05) is 19.4 Å². The lowest BCUT2D eigenvalue weighted by atomic mass is 10.1. The Bertz CT molecular complexity index is 1270. The molecule has 0 bridgehead atoms. The van der Waals surface area contributed by atoms with Crippen LogP contribution in [0.3, 0.4) is 0 Å². The van der Waals surface area contributed by atoms with Crippen molar-refractivity contribution in [1.29, 1.82) is 0 Å². The average Bonchev–Trinajstić information content (AvgIpc) is 3.32. The van der Waals surface area contributed by atoms with Gasteiger partial charge < -0.3 is 14.2 Å². The van der Waals surface area contributed by atoms with Gasteiger partial charge in [0.15, 0.2) is 6.10 Å². The Morgan fingerprint density at radius 3 is 1.15 bits per heavy atom. The molecular weight excluding hydrogens is 813 g/mol. The number of hydrogen-bond acceptors (Lipinski definition) is 5. The fourth-order valence-electron chi connectivity index (χ4n) is 7.44. The third kappa shape index (κ3) is 53.4. The first kappa shape index (κ1) is 62.8. The summed E-state index contributed by atoms with van der Waals surface area (Å²) >= 11 is 0. The second-order valence-corrected chi connectivity index (χ2v) is 18.1. The third-order valence-electron chi connectivity index (χ3n) is 11.6. The predicted molar refractivity (Wildman–Crippen MR) is 288 cm³/mol. The summed E-state index contributed by atoms with van der Waals surface area (Å²) in [5, 5.41) is 0. The van der Waals surface area contributed by atoms with Crippen molar-refractivity contribution in [3.8, 4) is 0 Å². The smallest absolute Gasteiger partial charge is 0.306 e. The zero-order chi connectivity index (χ0) is 47.7. The van der Waals surface area contributed by atoms with Crippen molar-refractivity contribution in [2.24, 2.45) is 0 Å². The van der Waals surface area contributed by atoms with E-state index in [1.54, 1.807) is 0 Å². The SMILES string of the molecule is CC/C=C\C/C=C\C/C=C\C/C=C\C/C=C\CCCCCC(=O)OCC(COCCCCCCCC/C=C\C/C=C\CCCCC)OC(=O)CCCCCCC/C=C\CCCCCCCC. The zero-order valence-corrected chi connectivity index (χ0v) is 43.4. The summed E-state index contributed by atoms with van der Waals surface area (Å²) in [4.78, 5) is 25.5. The van der Waals surface area contributed by atoms with Crippen molar-refractivity contribution < 1.29 is 23.8 Å². The van der Waals surface area contributed by atoms with Crippen LogP contribution in [0.5, 0.6) is 0 Å². The molecule has 0 N–H and O–H groups in total. The molecule has 0 rings (SSSR count). The normalized spacial score (nSPS) is 13.0. The molecule has 0 heterocycles. The third-order valence-corrected chi connectivity index (χ3v) is 11.6. The van der Waals surface area contributed by atoms with Gasteiger partial charge in [0.05, 0.1) is 6.61 Å². The molecule has 0 fully saturated rings. The zero-order valence-electron chi connectivity index (χ0n) is 43.4. The standard InChI is InChI=1S/C61H104O5/c1-4-7-10-13-16-19-22-25-28-30-31-32-34-36-39-42-45-48-51-54-60(62)65-58-59(57-64-56-53-50-47-44-41-38-35-29-26-23-20-17-14-11-8-5-2)66-61(63)55-52-49-46-43-40-37-33-27-24-21-18-15-12-9-6-3/h7,10,16-17,19-20,25-29,31-33,36,39,59H,4-6,8-9,11-15,18,21-24,30,34-35,37-38,40-58H2,1-3H3/b10-7-,19-16-,20-17-,28-25-,29-26-,32-31-,33-27-,39-36-. The van der Waals surface area contributed by atoms with E-state index in [0.717, 1.165) is 103 Å². The lowest BCUT2D eigenvalue weighted by molar-refractivity contribution is -0.163. The highest BCUT2D eigenvalue weighted by molar-refractivity contribution is 5.70. The first-order chi connectivity index (χ1) is 32.6. The van der Waals surface area contributed by atoms with Crippen LogP contribution in [0.25, 0.3) is 0 Å². The van der Waals surface area contributed by atoms with Gasteiger partial charge in [-0.25, -0.2) is 0 Å². The van der Waals surface area contributed by atoms with E-state index in [0.29, 0.717) is 19.4 Å². The van der Waals surface area contributed by atoms with Crippen molar-refractivity contribution in [2.75, 3.05) is 19.8 Å². The molecule has 0 spiro atoms. The van der Waals surface area contributed by atoms with Crippen LogP contribution in [0.2, 0.25) is 0 Å². The largest absolute Gasteiger partial charge is 0.462 e. The minimum absolute atomic E-state index is 0.0562. The molecule has 1 atom stereocenters. The molecule has 0 aliphatic carbocycles. The van der Waals surface area contributed by atoms with Gasteiger partial charge in [-0.2, -0.15) is 0 Å². The topological polar surface area (TPSA) is 61.8 Å². The number of carbonyl (C=O) groups excluding carboxylic acids is 2. The van der Waals surface area contributed by atoms with Gasteiger partial charge >= 0.3 is 11.9 Å². The van der Waals surface area contributed by atoms with Crippen molar-refractivity contribution in [2.45, 2.75) is 258 Å². The van der Waals surface area contributed by atoms with Gasteiger partial charge in [0.2, 0.25) is 0 Å². The van der Waals surface area contributed by atoms with Crippen LogP contribution in [0.4, 0.5) is 0 Å². The maximum absolute atomic E-state index is 12.8. The van der Waals surface area contributed by atoms with E-state index in [1.165, 1.54) is 116 Å². The Hall–Kier alpha value is -3.18. The second kappa shape index (κ2) is 56.1. The molecular formula is C61H104O5. The van der Waals surface area contributed by atoms with E-state index < -0.39 is 6.10 Å². The summed E-state index contributed by atoms with van der Waals surface area (Å²) in [5.41, 5.74) is 0. The lowest BCUT2D eigenvalue weighted by Gasteiger charge is -2.18. The molecule has 5 heteroatoms. The average molecular weight is 917 g/mol. The van der Waals surface area contributed by atoms with E-state index in [4.69, 9.17) is 14.2 Å². The van der Waals surface area contributed by atoms with Crippen LogP contribution in [-0.2, 0) is 23.8 Å². The van der Waals surface area contributed by atoms with Crippen LogP contribution < -0.4 is 0 Å². The van der Waals surface area contributed by atoms with Crippen LogP contribution in [-0.4, -0.2) is 37.9 Å². The number of ether oxygens (including phenoxy) is 3. The Balaban J connectivity index is 4.38. The van der Waals surface area contributed by atoms with Crippen LogP contribution in [0.1, 0.15) is 252 Å². The maximum atomic E-state index is 12.8. The fraction of sp³-hybridized carbons (Fsp3) is 0.705. The van der Waals surface area contributed by atoms with E-state index >= 15 is 0 Å². The molecule has 5 nitrogen and oxygen atoms in total. The number of esters is 2. The molecule has 0 aromatic rings. The monoisotopic (exact) mass is 917 g/mol. The van der Waals surface area contributed by atoms with E-state index in [9.17, 15) is 9.59 Å². The number of rotatable bonds is 50. The van der Waals surface area contributed by atoms with Crippen LogP contribution in [0.15, 0.2) is 97.2 Å². The number of unbranched alkanes of at least 4 members (excludes halogenated alkanes) is 23. The maximum Gasteiger partial charge on any atom is 0.306 e. The number of carbonyl (C=O) groups is 2. The van der Waals surface area contributed by atoms with Gasteiger partial charge in [-0.15, -0.1) is 0 Å². The summed E-state index contributed by atoms with van der Waals surface area (Å²) in [6, 6.07) is 0. The molecule has 0 saturated carbocycles. The van der Waals surface area contributed by atoms with Gasteiger partial charge in [0.1, 0.15) is 6.61 Å². The molecule has 0 amide bonds. The minimum atomic E-state index is -0.565. The molecule has 0 saturated heterocycles. The van der Waals surface area contributed by atoms with Gasteiger partial charge in [-0.3, -0.25) is 9.59 Å². The fourth-order valence-corrected chi connectivity index (χ4v) is 7.44. The van der Waals surface area contributed by atoms with Crippen molar-refractivity contribution in [3.63, 3.8) is 0 Å². The van der Waals surface area contributed by atoms with Gasteiger partial charge in [-0.1, -0.05) is 214 Å². The number of hydrogen-bond donors (Lipinski definition) is 0. The summed E-state index contributed by atoms with van der Waals surface area (Å²) in [5.74, 6) is -0.450. The van der Waals surface area contributed by atoms with E-state index in [-0.39, 0.29) is 25.2 Å².